The minimum absolute atomic E-state index is 0.123. The number of rotatable bonds is 5. The molecule has 1 heterocycles. The monoisotopic (exact) mass is 326 g/mol. The number of hydrogen-bond acceptors (Lipinski definition) is 6. The van der Waals surface area contributed by atoms with E-state index >= 15 is 0 Å². The zero-order valence-electron chi connectivity index (χ0n) is 12.4. The summed E-state index contributed by atoms with van der Waals surface area (Å²) in [7, 11) is 0. The number of aryl methyl sites for hydroxylation is 1. The molecular weight excluding hydrogens is 312 g/mol. The van der Waals surface area contributed by atoms with Gasteiger partial charge in [0.05, 0.1) is 11.5 Å². The van der Waals surface area contributed by atoms with Gasteiger partial charge in [0.2, 0.25) is 0 Å². The summed E-state index contributed by atoms with van der Waals surface area (Å²) in [4.78, 5) is 10.4. The molecule has 3 rings (SSSR count). The fourth-order valence-corrected chi connectivity index (χ4v) is 2.96. The Hall–Kier alpha value is -2.80. The molecule has 0 bridgehead atoms. The van der Waals surface area contributed by atoms with Crippen molar-refractivity contribution in [2.75, 3.05) is 5.32 Å². The highest BCUT2D eigenvalue weighted by atomic mass is 32.1. The van der Waals surface area contributed by atoms with Gasteiger partial charge in [-0.1, -0.05) is 41.7 Å². The number of hydrogen-bond donors (Lipinski definition) is 1. The van der Waals surface area contributed by atoms with Gasteiger partial charge in [-0.05, 0) is 19.1 Å². The smallest absolute Gasteiger partial charge is 0.272 e. The van der Waals surface area contributed by atoms with Crippen molar-refractivity contribution < 1.29 is 4.92 Å². The van der Waals surface area contributed by atoms with Gasteiger partial charge in [-0.15, -0.1) is 10.2 Å². The summed E-state index contributed by atoms with van der Waals surface area (Å²) < 4.78 is 0. The van der Waals surface area contributed by atoms with Crippen molar-refractivity contribution in [1.29, 1.82) is 0 Å². The van der Waals surface area contributed by atoms with Gasteiger partial charge in [0.1, 0.15) is 10.0 Å². The highest BCUT2D eigenvalue weighted by Crippen LogP contribution is 2.25. The van der Waals surface area contributed by atoms with Crippen molar-refractivity contribution in [2.45, 2.75) is 13.5 Å². The summed E-state index contributed by atoms with van der Waals surface area (Å²) in [6.45, 7) is 2.25. The number of benzene rings is 2. The van der Waals surface area contributed by atoms with Crippen LogP contribution in [0.25, 0.3) is 10.6 Å². The van der Waals surface area contributed by atoms with Gasteiger partial charge in [-0.3, -0.25) is 10.1 Å². The van der Waals surface area contributed by atoms with Crippen LogP contribution in [0.2, 0.25) is 0 Å². The molecule has 0 aliphatic heterocycles. The SMILES string of the molecule is Cc1cc(NCc2nnc(-c3ccccc3)s2)ccc1[N+](=O)[O-]. The number of nitro groups is 1. The summed E-state index contributed by atoms with van der Waals surface area (Å²) in [6.07, 6.45) is 0. The predicted molar refractivity (Wildman–Crippen MR) is 90.5 cm³/mol. The molecule has 1 aromatic heterocycles. The zero-order chi connectivity index (χ0) is 16.2. The number of anilines is 1. The molecule has 0 radical (unpaired) electrons. The molecule has 0 saturated carbocycles. The highest BCUT2D eigenvalue weighted by Gasteiger charge is 2.11. The van der Waals surface area contributed by atoms with Gasteiger partial charge in [-0.2, -0.15) is 0 Å². The molecule has 0 spiro atoms. The van der Waals surface area contributed by atoms with Crippen molar-refractivity contribution in [3.05, 3.63) is 69.2 Å². The second-order valence-corrected chi connectivity index (χ2v) is 6.04. The van der Waals surface area contributed by atoms with Gasteiger partial charge in [0, 0.05) is 22.9 Å². The Kier molecular flexibility index (Phi) is 4.29. The van der Waals surface area contributed by atoms with Crippen LogP contribution in [0.3, 0.4) is 0 Å². The lowest BCUT2D eigenvalue weighted by Crippen LogP contribution is -2.00. The number of nitrogens with zero attached hydrogens (tertiary/aromatic N) is 3. The van der Waals surface area contributed by atoms with E-state index < -0.39 is 0 Å². The van der Waals surface area contributed by atoms with Crippen LogP contribution in [0.5, 0.6) is 0 Å². The van der Waals surface area contributed by atoms with E-state index in [9.17, 15) is 10.1 Å². The number of nitro benzene ring substituents is 1. The Morgan fingerprint density at radius 1 is 1.17 bits per heavy atom. The molecule has 0 saturated heterocycles. The van der Waals surface area contributed by atoms with E-state index in [0.29, 0.717) is 12.1 Å². The second kappa shape index (κ2) is 6.53. The summed E-state index contributed by atoms with van der Waals surface area (Å²) in [5, 5.41) is 24.1. The highest BCUT2D eigenvalue weighted by molar-refractivity contribution is 7.14. The van der Waals surface area contributed by atoms with Gasteiger partial charge in [-0.25, -0.2) is 0 Å². The quantitative estimate of drug-likeness (QED) is 0.565. The van der Waals surface area contributed by atoms with Crippen molar-refractivity contribution >= 4 is 22.7 Å². The molecule has 3 aromatic rings. The molecule has 2 aromatic carbocycles. The van der Waals surface area contributed by atoms with E-state index in [1.54, 1.807) is 19.1 Å². The molecule has 0 fully saturated rings. The van der Waals surface area contributed by atoms with Crippen LogP contribution in [-0.2, 0) is 6.54 Å². The molecule has 23 heavy (non-hydrogen) atoms. The topological polar surface area (TPSA) is 81.0 Å². The molecule has 7 heteroatoms. The van der Waals surface area contributed by atoms with Gasteiger partial charge >= 0.3 is 0 Å². The molecule has 0 aliphatic carbocycles. The first-order valence-electron chi connectivity index (χ1n) is 7.00. The largest absolute Gasteiger partial charge is 0.378 e. The van der Waals surface area contributed by atoms with Crippen molar-refractivity contribution in [1.82, 2.24) is 10.2 Å². The molecular formula is C16H14N4O2S. The van der Waals surface area contributed by atoms with Crippen LogP contribution in [-0.4, -0.2) is 15.1 Å². The Morgan fingerprint density at radius 3 is 2.65 bits per heavy atom. The third-order valence-electron chi connectivity index (χ3n) is 3.32. The van der Waals surface area contributed by atoms with Gasteiger partial charge in [0.25, 0.3) is 5.69 Å². The summed E-state index contributed by atoms with van der Waals surface area (Å²) in [5.74, 6) is 0. The van der Waals surface area contributed by atoms with Crippen LogP contribution in [0.1, 0.15) is 10.6 Å². The number of nitrogens with one attached hydrogen (secondary N) is 1. The van der Waals surface area contributed by atoms with Gasteiger partial charge in [0.15, 0.2) is 0 Å². The maximum Gasteiger partial charge on any atom is 0.272 e. The van der Waals surface area contributed by atoms with Crippen LogP contribution in [0.4, 0.5) is 11.4 Å². The molecule has 1 N–H and O–H groups in total. The Balaban J connectivity index is 1.68. The van der Waals surface area contributed by atoms with Crippen molar-refractivity contribution in [3.63, 3.8) is 0 Å². The Bertz CT molecular complexity index is 833. The lowest BCUT2D eigenvalue weighted by Gasteiger charge is -2.05. The minimum atomic E-state index is -0.379. The fraction of sp³-hybridized carbons (Fsp3) is 0.125. The third kappa shape index (κ3) is 3.51. The van der Waals surface area contributed by atoms with E-state index in [1.165, 1.54) is 17.4 Å². The number of aromatic nitrogens is 2. The zero-order valence-corrected chi connectivity index (χ0v) is 13.2. The minimum Gasteiger partial charge on any atom is -0.378 e. The average molecular weight is 326 g/mol. The van der Waals surface area contributed by atoms with Crippen LogP contribution in [0.15, 0.2) is 48.5 Å². The van der Waals surface area contributed by atoms with Crippen LogP contribution in [0, 0.1) is 17.0 Å². The summed E-state index contributed by atoms with van der Waals surface area (Å²) in [5.41, 5.74) is 2.62. The maximum atomic E-state index is 10.8. The molecule has 116 valence electrons. The summed E-state index contributed by atoms with van der Waals surface area (Å²) in [6, 6.07) is 14.9. The van der Waals surface area contributed by atoms with E-state index in [4.69, 9.17) is 0 Å². The predicted octanol–water partition coefficient (Wildman–Crippen LogP) is 4.03. The molecule has 0 atom stereocenters. The second-order valence-electron chi connectivity index (χ2n) is 4.98. The molecule has 0 unspecified atom stereocenters. The fourth-order valence-electron chi connectivity index (χ4n) is 2.17. The first kappa shape index (κ1) is 15.1. The summed E-state index contributed by atoms with van der Waals surface area (Å²) >= 11 is 1.52. The molecule has 0 aliphatic rings. The van der Waals surface area contributed by atoms with Crippen LogP contribution < -0.4 is 5.32 Å². The van der Waals surface area contributed by atoms with E-state index in [1.807, 2.05) is 30.3 Å². The van der Waals surface area contributed by atoms with E-state index in [2.05, 4.69) is 15.5 Å². The van der Waals surface area contributed by atoms with E-state index in [-0.39, 0.29) is 10.6 Å². The van der Waals surface area contributed by atoms with Crippen molar-refractivity contribution in [2.24, 2.45) is 0 Å². The maximum absolute atomic E-state index is 10.8. The first-order chi connectivity index (χ1) is 11.1. The van der Waals surface area contributed by atoms with E-state index in [0.717, 1.165) is 21.3 Å². The third-order valence-corrected chi connectivity index (χ3v) is 4.30. The average Bonchev–Trinajstić information content (AvgIpc) is 3.02. The standard InChI is InChI=1S/C16H14N4O2S/c1-11-9-13(7-8-14(11)20(21)22)17-10-15-18-19-16(23-15)12-5-3-2-4-6-12/h2-9,17H,10H2,1H3. The lowest BCUT2D eigenvalue weighted by molar-refractivity contribution is -0.385. The van der Waals surface area contributed by atoms with Gasteiger partial charge < -0.3 is 5.32 Å². The molecule has 0 amide bonds. The lowest BCUT2D eigenvalue weighted by atomic mass is 10.2. The normalized spacial score (nSPS) is 10.5. The molecule has 6 nitrogen and oxygen atoms in total. The first-order valence-corrected chi connectivity index (χ1v) is 7.82. The van der Waals surface area contributed by atoms with Crippen molar-refractivity contribution in [3.8, 4) is 10.6 Å². The Labute approximate surface area is 137 Å². The Morgan fingerprint density at radius 2 is 1.96 bits per heavy atom. The van der Waals surface area contributed by atoms with Crippen LogP contribution >= 0.6 is 11.3 Å².